The number of esters is 1. The zero-order valence-electron chi connectivity index (χ0n) is 16.3. The predicted molar refractivity (Wildman–Crippen MR) is 107 cm³/mol. The Morgan fingerprint density at radius 3 is 2.34 bits per heavy atom. The molecule has 7 heteroatoms. The number of sulfonamides is 1. The van der Waals surface area contributed by atoms with Crippen molar-refractivity contribution in [2.24, 2.45) is 11.8 Å². The number of ether oxygens (including phenoxy) is 1. The van der Waals surface area contributed by atoms with Gasteiger partial charge in [-0.05, 0) is 38.0 Å². The number of piperidine rings is 1. The zero-order chi connectivity index (χ0) is 20.8. The van der Waals surface area contributed by atoms with Crippen LogP contribution in [-0.2, 0) is 30.8 Å². The van der Waals surface area contributed by atoms with Gasteiger partial charge in [-0.15, -0.1) is 0 Å². The number of aryl methyl sites for hydroxylation is 1. The number of carbonyl (C=O) groups is 2. The average Bonchev–Trinajstić information content (AvgIpc) is 3.36. The molecule has 0 bridgehead atoms. The van der Waals surface area contributed by atoms with Crippen LogP contribution in [0.2, 0.25) is 0 Å². The lowest BCUT2D eigenvalue weighted by molar-refractivity contribution is -0.147. The summed E-state index contributed by atoms with van der Waals surface area (Å²) in [4.78, 5) is 25.5. The van der Waals surface area contributed by atoms with Gasteiger partial charge in [-0.1, -0.05) is 48.0 Å². The molecule has 1 saturated carbocycles. The molecule has 29 heavy (non-hydrogen) atoms. The van der Waals surface area contributed by atoms with Crippen LogP contribution in [-0.4, -0.2) is 43.2 Å². The molecule has 1 aliphatic heterocycles. The number of hydrogen-bond donors (Lipinski definition) is 0. The maximum Gasteiger partial charge on any atom is 0.311 e. The highest BCUT2D eigenvalue weighted by atomic mass is 32.2. The van der Waals surface area contributed by atoms with Gasteiger partial charge < -0.3 is 4.74 Å². The van der Waals surface area contributed by atoms with Gasteiger partial charge in [0.1, 0.15) is 0 Å². The molecule has 0 aromatic heterocycles. The summed E-state index contributed by atoms with van der Waals surface area (Å²) < 4.78 is 33.3. The van der Waals surface area contributed by atoms with Gasteiger partial charge in [0.25, 0.3) is 0 Å². The van der Waals surface area contributed by atoms with E-state index in [1.807, 2.05) is 37.3 Å². The van der Waals surface area contributed by atoms with Crippen molar-refractivity contribution in [1.82, 2.24) is 4.31 Å². The van der Waals surface area contributed by atoms with Crippen molar-refractivity contribution < 1.29 is 22.7 Å². The van der Waals surface area contributed by atoms with Crippen LogP contribution < -0.4 is 0 Å². The number of nitrogens with zero attached hydrogens (tertiary/aromatic N) is 1. The van der Waals surface area contributed by atoms with Crippen molar-refractivity contribution in [2.75, 3.05) is 6.61 Å². The second kappa shape index (κ2) is 7.39. The Balaban J connectivity index is 1.71. The predicted octanol–water partition coefficient (Wildman–Crippen LogP) is 2.36. The van der Waals surface area contributed by atoms with Crippen LogP contribution >= 0.6 is 0 Å². The lowest BCUT2D eigenvalue weighted by Gasteiger charge is -2.27. The highest BCUT2D eigenvalue weighted by Crippen LogP contribution is 2.54. The quantitative estimate of drug-likeness (QED) is 0.679. The van der Waals surface area contributed by atoms with Crippen LogP contribution in [0.25, 0.3) is 0 Å². The summed E-state index contributed by atoms with van der Waals surface area (Å²) >= 11 is 0. The summed E-state index contributed by atoms with van der Waals surface area (Å²) in [5, 5.41) is 0. The van der Waals surface area contributed by atoms with E-state index < -0.39 is 39.9 Å². The Morgan fingerprint density at radius 1 is 1.07 bits per heavy atom. The molecule has 0 N–H and O–H groups in total. The van der Waals surface area contributed by atoms with E-state index in [9.17, 15) is 18.0 Å². The zero-order valence-corrected chi connectivity index (χ0v) is 17.1. The van der Waals surface area contributed by atoms with Gasteiger partial charge in [0.15, 0.2) is 5.78 Å². The maximum absolute atomic E-state index is 13.5. The summed E-state index contributed by atoms with van der Waals surface area (Å²) in [6.45, 7) is 3.76. The van der Waals surface area contributed by atoms with E-state index in [-0.39, 0.29) is 23.7 Å². The smallest absolute Gasteiger partial charge is 0.311 e. The van der Waals surface area contributed by atoms with E-state index in [1.54, 1.807) is 31.2 Å². The summed E-state index contributed by atoms with van der Waals surface area (Å²) in [6.07, 6.45) is 0.285. The van der Waals surface area contributed by atoms with Gasteiger partial charge in [-0.3, -0.25) is 9.59 Å². The van der Waals surface area contributed by atoms with Crippen LogP contribution in [0.4, 0.5) is 0 Å². The summed E-state index contributed by atoms with van der Waals surface area (Å²) in [5.74, 6) is -2.04. The summed E-state index contributed by atoms with van der Waals surface area (Å²) in [5.41, 5.74) is 1.82. The minimum atomic E-state index is -3.94. The van der Waals surface area contributed by atoms with Crippen LogP contribution in [0.1, 0.15) is 18.1 Å². The highest BCUT2D eigenvalue weighted by Gasteiger charge is 2.72. The van der Waals surface area contributed by atoms with E-state index in [1.165, 1.54) is 4.31 Å². The monoisotopic (exact) mass is 413 g/mol. The number of fused-ring (bicyclic) bond motifs is 1. The molecule has 2 aromatic carbocycles. The Morgan fingerprint density at radius 2 is 1.72 bits per heavy atom. The number of hydrogen-bond acceptors (Lipinski definition) is 5. The Kier molecular flexibility index (Phi) is 5.04. The Labute approximate surface area is 170 Å². The van der Waals surface area contributed by atoms with Crippen LogP contribution in [0, 0.1) is 18.8 Å². The lowest BCUT2D eigenvalue weighted by atomic mass is 10.0. The van der Waals surface area contributed by atoms with Crippen molar-refractivity contribution >= 4 is 21.8 Å². The first kappa shape index (κ1) is 19.8. The van der Waals surface area contributed by atoms with Crippen molar-refractivity contribution in [1.29, 1.82) is 0 Å². The van der Waals surface area contributed by atoms with E-state index in [0.717, 1.165) is 11.1 Å². The molecule has 1 aliphatic carbocycles. The van der Waals surface area contributed by atoms with Crippen LogP contribution in [0.5, 0.6) is 0 Å². The minimum Gasteiger partial charge on any atom is -0.466 e. The number of carbonyl (C=O) groups excluding carboxylic acids is 2. The van der Waals surface area contributed by atoms with Crippen molar-refractivity contribution in [3.05, 3.63) is 65.7 Å². The first-order valence-corrected chi connectivity index (χ1v) is 11.1. The largest absolute Gasteiger partial charge is 0.466 e. The number of ketones is 1. The molecule has 0 radical (unpaired) electrons. The molecular weight excluding hydrogens is 390 g/mol. The van der Waals surface area contributed by atoms with Gasteiger partial charge in [0, 0.05) is 0 Å². The number of Topliss-reactive ketones (excluding diaryl/α,β-unsaturated/α-hetero) is 1. The third-order valence-electron chi connectivity index (χ3n) is 5.67. The molecule has 6 nitrogen and oxygen atoms in total. The van der Waals surface area contributed by atoms with E-state index in [2.05, 4.69) is 0 Å². The molecule has 4 atom stereocenters. The average molecular weight is 413 g/mol. The molecule has 2 aromatic rings. The molecule has 0 unspecified atom stereocenters. The summed E-state index contributed by atoms with van der Waals surface area (Å²) in [6, 6.07) is 14.4. The van der Waals surface area contributed by atoms with Gasteiger partial charge in [0.05, 0.1) is 35.4 Å². The molecule has 2 fully saturated rings. The normalized spacial score (nSPS) is 26.2. The fraction of sp³-hybridized carbons (Fsp3) is 0.364. The first-order chi connectivity index (χ1) is 13.9. The standard InChI is InChI=1S/C22H23NO5S/c1-3-28-22(25)19-18-20(19)23(29(26,27)16-11-9-14(2)10-12-16)17(21(18)24)13-15-7-5-4-6-8-15/h4-12,17-20H,3,13H2,1-2H3/t17-,18+,19+,20+/m1/s1. The Bertz CT molecular complexity index is 1030. The second-order valence-electron chi connectivity index (χ2n) is 7.55. The molecule has 1 saturated heterocycles. The van der Waals surface area contributed by atoms with E-state index in [0.29, 0.717) is 0 Å². The first-order valence-electron chi connectivity index (χ1n) is 9.70. The molecule has 4 rings (SSSR count). The molecular formula is C22H23NO5S. The van der Waals surface area contributed by atoms with Crippen molar-refractivity contribution in [3.8, 4) is 0 Å². The molecule has 0 amide bonds. The third-order valence-corrected chi connectivity index (χ3v) is 7.59. The van der Waals surface area contributed by atoms with Crippen LogP contribution in [0.15, 0.2) is 59.5 Å². The Hall–Kier alpha value is -2.51. The summed E-state index contributed by atoms with van der Waals surface area (Å²) in [7, 11) is -3.94. The van der Waals surface area contributed by atoms with Gasteiger partial charge >= 0.3 is 5.97 Å². The number of benzene rings is 2. The van der Waals surface area contributed by atoms with Gasteiger partial charge in [0.2, 0.25) is 10.0 Å². The fourth-order valence-corrected chi connectivity index (χ4v) is 6.04. The molecule has 152 valence electrons. The van der Waals surface area contributed by atoms with Gasteiger partial charge in [-0.2, -0.15) is 4.31 Å². The second-order valence-corrected chi connectivity index (χ2v) is 9.39. The van der Waals surface area contributed by atoms with Crippen molar-refractivity contribution in [2.45, 2.75) is 37.2 Å². The highest BCUT2D eigenvalue weighted by molar-refractivity contribution is 7.89. The minimum absolute atomic E-state index is 0.129. The molecule has 2 aliphatic rings. The lowest BCUT2D eigenvalue weighted by Crippen LogP contribution is -2.45. The van der Waals surface area contributed by atoms with E-state index in [4.69, 9.17) is 4.74 Å². The SMILES string of the molecule is CCOC(=O)[C@H]1[C@@H]2C(=O)[C@@H](Cc3ccccc3)N(S(=O)(=O)c3ccc(C)cc3)[C@H]12. The molecule has 0 spiro atoms. The third kappa shape index (κ3) is 3.38. The number of rotatable bonds is 6. The van der Waals surface area contributed by atoms with Gasteiger partial charge in [-0.25, -0.2) is 8.42 Å². The molecule has 1 heterocycles. The topological polar surface area (TPSA) is 80.8 Å². The van der Waals surface area contributed by atoms with Crippen molar-refractivity contribution in [3.63, 3.8) is 0 Å². The maximum atomic E-state index is 13.5. The van der Waals surface area contributed by atoms with Crippen LogP contribution in [0.3, 0.4) is 0 Å². The fourth-order valence-electron chi connectivity index (χ4n) is 4.22. The van der Waals surface area contributed by atoms with E-state index >= 15 is 0 Å².